The third-order valence-corrected chi connectivity index (χ3v) is 4.61. The molecule has 1 nitrogen and oxygen atoms in total. The van der Waals surface area contributed by atoms with Crippen molar-refractivity contribution >= 4 is 28.3 Å². The molecular weight excluding hydrogens is 321 g/mol. The maximum atomic E-state index is 3.69. The molecule has 2 atom stereocenters. The average molecular weight is 343 g/mol. The Morgan fingerprint density at radius 3 is 2.47 bits per heavy atom. The third kappa shape index (κ3) is 3.60. The molecule has 17 heavy (non-hydrogen) atoms. The minimum absolute atomic E-state index is 0.531. The smallest absolute Gasteiger partial charge is 0.0343 e. The predicted molar refractivity (Wildman–Crippen MR) is 83.4 cm³/mol. The lowest BCUT2D eigenvalue weighted by Gasteiger charge is -2.40. The lowest BCUT2D eigenvalue weighted by Crippen LogP contribution is -2.36. The van der Waals surface area contributed by atoms with Gasteiger partial charge in [0, 0.05) is 15.3 Å². The molecule has 94 valence electrons. The van der Waals surface area contributed by atoms with E-state index in [0.717, 1.165) is 5.92 Å². The van der Waals surface area contributed by atoms with Gasteiger partial charge in [-0.25, -0.2) is 0 Å². The van der Waals surface area contributed by atoms with Crippen molar-refractivity contribution < 1.29 is 0 Å². The summed E-state index contributed by atoms with van der Waals surface area (Å²) >= 11 is 2.35. The Hall–Kier alpha value is -0.250. The van der Waals surface area contributed by atoms with E-state index in [1.165, 1.54) is 28.5 Å². The monoisotopic (exact) mass is 343 g/mol. The van der Waals surface area contributed by atoms with Crippen molar-refractivity contribution in [1.82, 2.24) is 0 Å². The summed E-state index contributed by atoms with van der Waals surface area (Å²) in [6, 6.07) is 9.35. The quantitative estimate of drug-likeness (QED) is 0.752. The molecule has 0 radical (unpaired) electrons. The molecular formula is C15H22IN. The van der Waals surface area contributed by atoms with Gasteiger partial charge in [0.05, 0.1) is 0 Å². The van der Waals surface area contributed by atoms with Crippen LogP contribution in [0.2, 0.25) is 0 Å². The van der Waals surface area contributed by atoms with E-state index < -0.39 is 0 Å². The van der Waals surface area contributed by atoms with Crippen LogP contribution in [-0.4, -0.2) is 6.04 Å². The van der Waals surface area contributed by atoms with Crippen LogP contribution in [-0.2, 0) is 0 Å². The highest BCUT2D eigenvalue weighted by Crippen LogP contribution is 2.39. The van der Waals surface area contributed by atoms with Gasteiger partial charge in [0.15, 0.2) is 0 Å². The molecule has 0 spiro atoms. The fraction of sp³-hybridized carbons (Fsp3) is 0.600. The summed E-state index contributed by atoms with van der Waals surface area (Å²) in [5.74, 6) is 0.762. The van der Waals surface area contributed by atoms with Gasteiger partial charge in [-0.1, -0.05) is 20.8 Å². The molecule has 2 unspecified atom stereocenters. The zero-order chi connectivity index (χ0) is 12.5. The van der Waals surface area contributed by atoms with Crippen LogP contribution in [0.25, 0.3) is 0 Å². The van der Waals surface area contributed by atoms with Gasteiger partial charge < -0.3 is 5.32 Å². The van der Waals surface area contributed by atoms with Crippen LogP contribution in [0, 0.1) is 14.9 Å². The highest BCUT2D eigenvalue weighted by Gasteiger charge is 2.32. The first-order valence-corrected chi connectivity index (χ1v) is 7.56. The lowest BCUT2D eigenvalue weighted by atomic mass is 9.70. The molecule has 0 aliphatic heterocycles. The Balaban J connectivity index is 1.98. The van der Waals surface area contributed by atoms with Crippen molar-refractivity contribution in [2.45, 2.75) is 46.1 Å². The van der Waals surface area contributed by atoms with E-state index in [0.29, 0.717) is 11.5 Å². The largest absolute Gasteiger partial charge is 0.382 e. The second-order valence-electron chi connectivity index (χ2n) is 6.14. The number of halogens is 1. The van der Waals surface area contributed by atoms with Gasteiger partial charge in [0.25, 0.3) is 0 Å². The maximum Gasteiger partial charge on any atom is 0.0343 e. The first-order valence-electron chi connectivity index (χ1n) is 6.48. The van der Waals surface area contributed by atoms with E-state index in [1.54, 1.807) is 0 Å². The van der Waals surface area contributed by atoms with Gasteiger partial charge in [-0.3, -0.25) is 0 Å². The van der Waals surface area contributed by atoms with Gasteiger partial charge in [0.1, 0.15) is 0 Å². The number of benzene rings is 1. The molecule has 0 saturated heterocycles. The Labute approximate surface area is 119 Å². The molecule has 0 bridgehead atoms. The van der Waals surface area contributed by atoms with Gasteiger partial charge in [-0.2, -0.15) is 0 Å². The number of rotatable bonds is 2. The zero-order valence-corrected chi connectivity index (χ0v) is 13.1. The van der Waals surface area contributed by atoms with E-state index in [1.807, 2.05) is 0 Å². The number of hydrogen-bond acceptors (Lipinski definition) is 1. The van der Waals surface area contributed by atoms with Crippen molar-refractivity contribution in [3.05, 3.63) is 27.8 Å². The summed E-state index contributed by atoms with van der Waals surface area (Å²) < 4.78 is 1.30. The highest BCUT2D eigenvalue weighted by molar-refractivity contribution is 14.1. The second-order valence-corrected chi connectivity index (χ2v) is 7.39. The van der Waals surface area contributed by atoms with Gasteiger partial charge >= 0.3 is 0 Å². The fourth-order valence-corrected chi connectivity index (χ4v) is 3.28. The van der Waals surface area contributed by atoms with E-state index in [-0.39, 0.29) is 0 Å². The van der Waals surface area contributed by atoms with Gasteiger partial charge in [0.2, 0.25) is 0 Å². The molecule has 2 heteroatoms. The standard InChI is InChI=1S/C15H22IN/c1-11-10-15(2,3)9-8-14(11)17-13-6-4-12(16)5-7-13/h4-7,11,14,17H,8-10H2,1-3H3. The number of hydrogen-bond donors (Lipinski definition) is 1. The first-order chi connectivity index (χ1) is 7.96. The average Bonchev–Trinajstić information content (AvgIpc) is 2.24. The molecule has 0 heterocycles. The van der Waals surface area contributed by atoms with Crippen LogP contribution in [0.1, 0.15) is 40.0 Å². The summed E-state index contributed by atoms with van der Waals surface area (Å²) in [7, 11) is 0. The summed E-state index contributed by atoms with van der Waals surface area (Å²) in [4.78, 5) is 0. The summed E-state index contributed by atoms with van der Waals surface area (Å²) in [6.07, 6.45) is 3.95. The third-order valence-electron chi connectivity index (χ3n) is 3.89. The molecule has 1 aromatic rings. The van der Waals surface area contributed by atoms with Crippen LogP contribution in [0.3, 0.4) is 0 Å². The fourth-order valence-electron chi connectivity index (χ4n) is 2.92. The van der Waals surface area contributed by atoms with Crippen LogP contribution in [0.15, 0.2) is 24.3 Å². The molecule has 1 saturated carbocycles. The maximum absolute atomic E-state index is 3.69. The van der Waals surface area contributed by atoms with E-state index >= 15 is 0 Å². The number of anilines is 1. The van der Waals surface area contributed by atoms with Crippen molar-refractivity contribution in [3.63, 3.8) is 0 Å². The van der Waals surface area contributed by atoms with Crippen LogP contribution in [0.5, 0.6) is 0 Å². The van der Waals surface area contributed by atoms with Crippen molar-refractivity contribution in [2.24, 2.45) is 11.3 Å². The number of nitrogens with one attached hydrogen (secondary N) is 1. The summed E-state index contributed by atoms with van der Waals surface area (Å²) in [5, 5.41) is 3.69. The lowest BCUT2D eigenvalue weighted by molar-refractivity contribution is 0.177. The molecule has 0 aromatic heterocycles. The Kier molecular flexibility index (Phi) is 4.01. The SMILES string of the molecule is CC1CC(C)(C)CCC1Nc1ccc(I)cc1. The Morgan fingerprint density at radius 2 is 1.88 bits per heavy atom. The molecule has 2 rings (SSSR count). The van der Waals surface area contributed by atoms with E-state index in [2.05, 4.69) is 72.9 Å². The normalized spacial score (nSPS) is 27.8. The summed E-state index contributed by atoms with van der Waals surface area (Å²) in [6.45, 7) is 7.17. The topological polar surface area (TPSA) is 12.0 Å². The molecule has 1 aliphatic rings. The molecule has 1 aliphatic carbocycles. The van der Waals surface area contributed by atoms with Gasteiger partial charge in [-0.15, -0.1) is 0 Å². The van der Waals surface area contributed by atoms with Crippen LogP contribution in [0.4, 0.5) is 5.69 Å². The van der Waals surface area contributed by atoms with Crippen molar-refractivity contribution in [3.8, 4) is 0 Å². The molecule has 1 N–H and O–H groups in total. The first kappa shape index (κ1) is 13.2. The zero-order valence-electron chi connectivity index (χ0n) is 11.0. The minimum atomic E-state index is 0.531. The summed E-state index contributed by atoms with van der Waals surface area (Å²) in [5.41, 5.74) is 1.80. The Bertz CT molecular complexity index is 369. The van der Waals surface area contributed by atoms with Crippen LogP contribution < -0.4 is 5.32 Å². The predicted octanol–water partition coefficient (Wildman–Crippen LogP) is 4.92. The molecule has 0 amide bonds. The van der Waals surface area contributed by atoms with Crippen molar-refractivity contribution in [2.75, 3.05) is 5.32 Å². The van der Waals surface area contributed by atoms with Gasteiger partial charge in [-0.05, 0) is 77.5 Å². The van der Waals surface area contributed by atoms with E-state index in [9.17, 15) is 0 Å². The van der Waals surface area contributed by atoms with Crippen LogP contribution >= 0.6 is 22.6 Å². The van der Waals surface area contributed by atoms with Crippen molar-refractivity contribution in [1.29, 1.82) is 0 Å². The van der Waals surface area contributed by atoms with E-state index in [4.69, 9.17) is 0 Å². The molecule has 1 fully saturated rings. The molecule has 1 aromatic carbocycles. The minimum Gasteiger partial charge on any atom is -0.382 e. The second kappa shape index (κ2) is 5.17. The Morgan fingerprint density at radius 1 is 1.24 bits per heavy atom. The highest BCUT2D eigenvalue weighted by atomic mass is 127.